The number of halogens is 4. The van der Waals surface area contributed by atoms with Crippen molar-refractivity contribution in [1.29, 1.82) is 0 Å². The molecule has 1 aliphatic rings. The second kappa shape index (κ2) is 8.45. The Morgan fingerprint density at radius 3 is 2.52 bits per heavy atom. The minimum Gasteiger partial charge on any atom is -0.337 e. The first-order chi connectivity index (χ1) is 16.0. The van der Waals surface area contributed by atoms with E-state index < -0.39 is 18.5 Å². The van der Waals surface area contributed by atoms with Gasteiger partial charge in [-0.1, -0.05) is 12.8 Å². The molecular formula is C22H20F4N6O. The van der Waals surface area contributed by atoms with Crippen molar-refractivity contribution in [3.63, 3.8) is 0 Å². The number of carbonyl (C=O) groups excluding carboxylic acids is 1. The summed E-state index contributed by atoms with van der Waals surface area (Å²) in [5.74, 6) is -0.913. The van der Waals surface area contributed by atoms with Crippen LogP contribution < -0.4 is 0 Å². The van der Waals surface area contributed by atoms with Crippen molar-refractivity contribution in [2.24, 2.45) is 0 Å². The molecule has 0 spiro atoms. The summed E-state index contributed by atoms with van der Waals surface area (Å²) in [7, 11) is 0. The highest BCUT2D eigenvalue weighted by Gasteiger charge is 2.28. The SMILES string of the molecule is O=C(c1cc2c(cn1)c(-c1cnc3c(F)cccn13)nn2C(F)C(F)F)N1CCCCCC1. The Morgan fingerprint density at radius 1 is 1.03 bits per heavy atom. The molecule has 1 atom stereocenters. The van der Waals surface area contributed by atoms with Crippen LogP contribution in [-0.2, 0) is 0 Å². The van der Waals surface area contributed by atoms with Gasteiger partial charge < -0.3 is 4.90 Å². The van der Waals surface area contributed by atoms with Crippen LogP contribution in [-0.4, -0.2) is 54.5 Å². The van der Waals surface area contributed by atoms with Gasteiger partial charge in [-0.05, 0) is 31.0 Å². The van der Waals surface area contributed by atoms with E-state index in [2.05, 4.69) is 15.1 Å². The lowest BCUT2D eigenvalue weighted by Crippen LogP contribution is -2.32. The van der Waals surface area contributed by atoms with E-state index in [4.69, 9.17) is 0 Å². The topological polar surface area (TPSA) is 68.3 Å². The number of alkyl halides is 3. The summed E-state index contributed by atoms with van der Waals surface area (Å²) in [6, 6.07) is 3.98. The Balaban J connectivity index is 1.65. The van der Waals surface area contributed by atoms with Gasteiger partial charge in [0.25, 0.3) is 18.6 Å². The zero-order valence-electron chi connectivity index (χ0n) is 17.5. The molecule has 1 amide bonds. The number of likely N-dealkylation sites (tertiary alicyclic amines) is 1. The Kier molecular flexibility index (Phi) is 5.47. The molecule has 4 aromatic rings. The van der Waals surface area contributed by atoms with Gasteiger partial charge in [-0.15, -0.1) is 0 Å². The number of carbonyl (C=O) groups is 1. The molecule has 0 aliphatic carbocycles. The van der Waals surface area contributed by atoms with Crippen molar-refractivity contribution >= 4 is 22.5 Å². The number of rotatable bonds is 4. The fourth-order valence-corrected chi connectivity index (χ4v) is 4.22. The summed E-state index contributed by atoms with van der Waals surface area (Å²) < 4.78 is 57.2. The first-order valence-electron chi connectivity index (χ1n) is 10.7. The molecule has 7 nitrogen and oxygen atoms in total. The largest absolute Gasteiger partial charge is 0.337 e. The highest BCUT2D eigenvalue weighted by molar-refractivity contribution is 5.99. The average Bonchev–Trinajstić information content (AvgIpc) is 3.29. The Morgan fingerprint density at radius 2 is 1.79 bits per heavy atom. The zero-order chi connectivity index (χ0) is 23.1. The van der Waals surface area contributed by atoms with Crippen LogP contribution in [0.25, 0.3) is 27.9 Å². The predicted octanol–water partition coefficient (Wildman–Crippen LogP) is 4.63. The first kappa shape index (κ1) is 21.4. The van der Waals surface area contributed by atoms with Crippen LogP contribution in [0.15, 0.2) is 36.8 Å². The highest BCUT2D eigenvalue weighted by atomic mass is 19.3. The van der Waals surface area contributed by atoms with E-state index in [-0.39, 0.29) is 39.5 Å². The van der Waals surface area contributed by atoms with Crippen molar-refractivity contribution in [2.75, 3.05) is 13.1 Å². The fourth-order valence-electron chi connectivity index (χ4n) is 4.22. The number of nitrogens with zero attached hydrogens (tertiary/aromatic N) is 6. The summed E-state index contributed by atoms with van der Waals surface area (Å²) in [5, 5.41) is 4.32. The van der Waals surface area contributed by atoms with Gasteiger partial charge in [0, 0.05) is 30.9 Å². The van der Waals surface area contributed by atoms with Crippen molar-refractivity contribution in [1.82, 2.24) is 29.0 Å². The molecule has 0 bridgehead atoms. The maximum absolute atomic E-state index is 14.5. The maximum atomic E-state index is 14.5. The number of aromatic nitrogens is 5. The van der Waals surface area contributed by atoms with Gasteiger partial charge in [-0.25, -0.2) is 27.2 Å². The second-order valence-corrected chi connectivity index (χ2v) is 7.99. The second-order valence-electron chi connectivity index (χ2n) is 7.99. The molecule has 33 heavy (non-hydrogen) atoms. The average molecular weight is 460 g/mol. The van der Waals surface area contributed by atoms with E-state index >= 15 is 0 Å². The molecule has 0 saturated carbocycles. The predicted molar refractivity (Wildman–Crippen MR) is 112 cm³/mol. The Labute approximate surface area is 185 Å². The van der Waals surface area contributed by atoms with Crippen molar-refractivity contribution in [2.45, 2.75) is 38.4 Å². The molecule has 1 saturated heterocycles. The van der Waals surface area contributed by atoms with Crippen LogP contribution in [0.4, 0.5) is 17.6 Å². The number of hydrogen-bond acceptors (Lipinski definition) is 4. The van der Waals surface area contributed by atoms with Gasteiger partial charge in [-0.3, -0.25) is 14.2 Å². The molecule has 0 N–H and O–H groups in total. The van der Waals surface area contributed by atoms with Gasteiger partial charge in [0.2, 0.25) is 0 Å². The molecule has 0 radical (unpaired) electrons. The number of imidazole rings is 1. The van der Waals surface area contributed by atoms with Gasteiger partial charge in [0.05, 0.1) is 17.4 Å². The molecule has 4 aromatic heterocycles. The van der Waals surface area contributed by atoms with Crippen LogP contribution in [0.1, 0.15) is 42.5 Å². The van der Waals surface area contributed by atoms with E-state index in [0.29, 0.717) is 17.8 Å². The molecule has 5 heterocycles. The minimum absolute atomic E-state index is 0.00248. The molecule has 0 aromatic carbocycles. The van der Waals surface area contributed by atoms with Crippen molar-refractivity contribution in [3.8, 4) is 11.4 Å². The smallest absolute Gasteiger partial charge is 0.289 e. The van der Waals surface area contributed by atoms with Crippen LogP contribution in [0.2, 0.25) is 0 Å². The minimum atomic E-state index is -3.33. The number of fused-ring (bicyclic) bond motifs is 2. The molecular weight excluding hydrogens is 440 g/mol. The van der Waals surface area contributed by atoms with Crippen molar-refractivity contribution < 1.29 is 22.4 Å². The summed E-state index contributed by atoms with van der Waals surface area (Å²) in [4.78, 5) is 22.9. The van der Waals surface area contributed by atoms with Crippen LogP contribution in [0.5, 0.6) is 0 Å². The summed E-state index contributed by atoms with van der Waals surface area (Å²) in [6.45, 7) is 1.17. The lowest BCUT2D eigenvalue weighted by Gasteiger charge is -2.19. The third kappa shape index (κ3) is 3.70. The third-order valence-electron chi connectivity index (χ3n) is 5.88. The summed E-state index contributed by atoms with van der Waals surface area (Å²) in [6.07, 6.45) is 1.92. The molecule has 11 heteroatoms. The van der Waals surface area contributed by atoms with E-state index in [1.54, 1.807) is 4.90 Å². The maximum Gasteiger partial charge on any atom is 0.289 e. The quantitative estimate of drug-likeness (QED) is 0.417. The van der Waals surface area contributed by atoms with E-state index in [0.717, 1.165) is 25.7 Å². The Bertz CT molecular complexity index is 1330. The van der Waals surface area contributed by atoms with Gasteiger partial charge in [0.1, 0.15) is 11.4 Å². The molecule has 5 rings (SSSR count). The Hall–Kier alpha value is -3.50. The molecule has 1 unspecified atom stereocenters. The van der Waals surface area contributed by atoms with E-state index in [9.17, 15) is 22.4 Å². The standard InChI is InChI=1S/C22H20F4N6O/c23-14-6-5-9-31-17(12-28-21(14)31)18-13-11-27-15(22(33)30-7-3-1-2-4-8-30)10-16(13)32(29-18)20(26)19(24)25/h5-6,9-12,19-20H,1-4,7-8H2. The monoisotopic (exact) mass is 460 g/mol. The van der Waals surface area contributed by atoms with E-state index in [1.807, 2.05) is 0 Å². The normalized spacial score (nSPS) is 16.0. The summed E-state index contributed by atoms with van der Waals surface area (Å²) in [5.41, 5.74) is 0.428. The van der Waals surface area contributed by atoms with Gasteiger partial charge >= 0.3 is 0 Å². The molecule has 172 valence electrons. The summed E-state index contributed by atoms with van der Waals surface area (Å²) >= 11 is 0. The van der Waals surface area contributed by atoms with Crippen LogP contribution in [0, 0.1) is 5.82 Å². The fraction of sp³-hybridized carbons (Fsp3) is 0.364. The molecule has 1 fully saturated rings. The lowest BCUT2D eigenvalue weighted by atomic mass is 10.2. The number of hydrogen-bond donors (Lipinski definition) is 0. The van der Waals surface area contributed by atoms with Gasteiger partial charge in [-0.2, -0.15) is 5.10 Å². The molecule has 1 aliphatic heterocycles. The number of pyridine rings is 2. The number of amides is 1. The lowest BCUT2D eigenvalue weighted by molar-refractivity contribution is 0.00356. The third-order valence-corrected chi connectivity index (χ3v) is 5.88. The van der Waals surface area contributed by atoms with Crippen molar-refractivity contribution in [3.05, 3.63) is 48.3 Å². The van der Waals surface area contributed by atoms with Crippen LogP contribution in [0.3, 0.4) is 0 Å². The zero-order valence-corrected chi connectivity index (χ0v) is 17.5. The highest BCUT2D eigenvalue weighted by Crippen LogP contribution is 2.33. The van der Waals surface area contributed by atoms with Crippen LogP contribution >= 0.6 is 0 Å². The van der Waals surface area contributed by atoms with E-state index in [1.165, 1.54) is 41.2 Å². The van der Waals surface area contributed by atoms with Gasteiger partial charge in [0.15, 0.2) is 11.5 Å². The first-order valence-corrected chi connectivity index (χ1v) is 10.7.